The van der Waals surface area contributed by atoms with Crippen molar-refractivity contribution in [3.8, 4) is 0 Å². The summed E-state index contributed by atoms with van der Waals surface area (Å²) < 4.78 is 7.83. The van der Waals surface area contributed by atoms with Gasteiger partial charge in [0.2, 0.25) is 0 Å². The number of aromatic nitrogens is 2. The van der Waals surface area contributed by atoms with E-state index in [2.05, 4.69) is 22.1 Å². The summed E-state index contributed by atoms with van der Waals surface area (Å²) in [7, 11) is 0. The highest BCUT2D eigenvalue weighted by atomic mass is 16.3. The molecule has 0 saturated carbocycles. The van der Waals surface area contributed by atoms with Crippen molar-refractivity contribution >= 4 is 0 Å². The molecule has 1 aliphatic rings. The van der Waals surface area contributed by atoms with E-state index in [4.69, 9.17) is 4.42 Å². The molecule has 3 heterocycles. The van der Waals surface area contributed by atoms with E-state index in [0.29, 0.717) is 6.04 Å². The molecule has 0 amide bonds. The molecule has 102 valence electrons. The van der Waals surface area contributed by atoms with E-state index in [1.165, 1.54) is 19.3 Å². The molecule has 3 rings (SSSR count). The van der Waals surface area contributed by atoms with Crippen molar-refractivity contribution in [3.63, 3.8) is 0 Å². The van der Waals surface area contributed by atoms with Crippen LogP contribution in [-0.4, -0.2) is 27.8 Å². The summed E-state index contributed by atoms with van der Waals surface area (Å²) in [6, 6.07) is 6.61. The average molecular weight is 259 g/mol. The SMILES string of the molecule is Cc1ccc([C@@H]2CCCCN2CCn2cccn2)o1. The van der Waals surface area contributed by atoms with Gasteiger partial charge < -0.3 is 4.42 Å². The predicted molar refractivity (Wildman–Crippen MR) is 73.8 cm³/mol. The Morgan fingerprint density at radius 1 is 1.32 bits per heavy atom. The van der Waals surface area contributed by atoms with E-state index in [-0.39, 0.29) is 0 Å². The molecule has 0 unspecified atom stereocenters. The maximum atomic E-state index is 5.83. The molecular weight excluding hydrogens is 238 g/mol. The highest BCUT2D eigenvalue weighted by Crippen LogP contribution is 2.31. The topological polar surface area (TPSA) is 34.2 Å². The molecule has 4 nitrogen and oxygen atoms in total. The van der Waals surface area contributed by atoms with Crippen LogP contribution in [0.4, 0.5) is 0 Å². The van der Waals surface area contributed by atoms with Gasteiger partial charge in [0.25, 0.3) is 0 Å². The van der Waals surface area contributed by atoms with Gasteiger partial charge in [0.15, 0.2) is 0 Å². The lowest BCUT2D eigenvalue weighted by atomic mass is 10.00. The van der Waals surface area contributed by atoms with Crippen LogP contribution in [0.15, 0.2) is 35.0 Å². The average Bonchev–Trinajstić information content (AvgIpc) is 3.08. The van der Waals surface area contributed by atoms with E-state index in [0.717, 1.165) is 31.2 Å². The van der Waals surface area contributed by atoms with Gasteiger partial charge in [-0.15, -0.1) is 0 Å². The number of hydrogen-bond donors (Lipinski definition) is 0. The third kappa shape index (κ3) is 2.89. The molecule has 1 fully saturated rings. The Kier molecular flexibility index (Phi) is 3.69. The summed E-state index contributed by atoms with van der Waals surface area (Å²) in [4.78, 5) is 2.53. The zero-order valence-electron chi connectivity index (χ0n) is 11.5. The highest BCUT2D eigenvalue weighted by molar-refractivity contribution is 5.10. The monoisotopic (exact) mass is 259 g/mol. The Balaban J connectivity index is 1.67. The molecule has 19 heavy (non-hydrogen) atoms. The van der Waals surface area contributed by atoms with E-state index >= 15 is 0 Å². The molecule has 2 aromatic heterocycles. The first-order chi connectivity index (χ1) is 9.33. The zero-order valence-corrected chi connectivity index (χ0v) is 11.5. The number of aryl methyl sites for hydroxylation is 1. The quantitative estimate of drug-likeness (QED) is 0.846. The highest BCUT2D eigenvalue weighted by Gasteiger charge is 2.25. The molecule has 0 spiro atoms. The number of hydrogen-bond acceptors (Lipinski definition) is 3. The van der Waals surface area contributed by atoms with E-state index in [1.54, 1.807) is 0 Å². The van der Waals surface area contributed by atoms with Gasteiger partial charge in [-0.3, -0.25) is 9.58 Å². The van der Waals surface area contributed by atoms with Gasteiger partial charge >= 0.3 is 0 Å². The van der Waals surface area contributed by atoms with Gasteiger partial charge in [-0.2, -0.15) is 5.10 Å². The molecule has 0 bridgehead atoms. The van der Waals surface area contributed by atoms with Crippen molar-refractivity contribution in [1.82, 2.24) is 14.7 Å². The van der Waals surface area contributed by atoms with E-state index in [9.17, 15) is 0 Å². The van der Waals surface area contributed by atoms with E-state index in [1.807, 2.05) is 30.1 Å². The number of piperidine rings is 1. The smallest absolute Gasteiger partial charge is 0.121 e. The second-order valence-corrected chi connectivity index (χ2v) is 5.27. The molecule has 1 atom stereocenters. The van der Waals surface area contributed by atoms with Crippen molar-refractivity contribution in [2.45, 2.75) is 38.8 Å². The van der Waals surface area contributed by atoms with Gasteiger partial charge in [0.05, 0.1) is 12.6 Å². The van der Waals surface area contributed by atoms with Crippen LogP contribution in [0.5, 0.6) is 0 Å². The maximum Gasteiger partial charge on any atom is 0.121 e. The zero-order chi connectivity index (χ0) is 13.1. The van der Waals surface area contributed by atoms with Crippen LogP contribution in [0.25, 0.3) is 0 Å². The summed E-state index contributed by atoms with van der Waals surface area (Å²) >= 11 is 0. The summed E-state index contributed by atoms with van der Waals surface area (Å²) in [5.41, 5.74) is 0. The molecule has 2 aromatic rings. The molecule has 0 N–H and O–H groups in total. The normalized spacial score (nSPS) is 20.8. The molecule has 0 aliphatic carbocycles. The Bertz CT molecular complexity index is 503. The van der Waals surface area contributed by atoms with Crippen LogP contribution < -0.4 is 0 Å². The number of rotatable bonds is 4. The molecule has 0 aromatic carbocycles. The van der Waals surface area contributed by atoms with E-state index < -0.39 is 0 Å². The minimum Gasteiger partial charge on any atom is -0.465 e. The van der Waals surface area contributed by atoms with Crippen LogP contribution in [0, 0.1) is 6.92 Å². The number of nitrogens with zero attached hydrogens (tertiary/aromatic N) is 3. The van der Waals surface area contributed by atoms with Gasteiger partial charge in [-0.1, -0.05) is 6.42 Å². The first-order valence-electron chi connectivity index (χ1n) is 7.11. The fourth-order valence-corrected chi connectivity index (χ4v) is 2.88. The second-order valence-electron chi connectivity index (χ2n) is 5.27. The fraction of sp³-hybridized carbons (Fsp3) is 0.533. The van der Waals surface area contributed by atoms with Crippen LogP contribution in [-0.2, 0) is 6.54 Å². The summed E-state index contributed by atoms with van der Waals surface area (Å²) in [5, 5.41) is 4.27. The molecule has 0 radical (unpaired) electrons. The van der Waals surface area contributed by atoms with Gasteiger partial charge in [0, 0.05) is 18.9 Å². The minimum atomic E-state index is 0.443. The second kappa shape index (κ2) is 5.61. The standard InChI is InChI=1S/C15H21N3O/c1-13-6-7-15(19-13)14-5-2-3-9-17(14)11-12-18-10-4-8-16-18/h4,6-8,10,14H,2-3,5,9,11-12H2,1H3/t14-/m0/s1. The predicted octanol–water partition coefficient (Wildman–Crippen LogP) is 3.01. The summed E-state index contributed by atoms with van der Waals surface area (Å²) in [5.74, 6) is 2.13. The lowest BCUT2D eigenvalue weighted by molar-refractivity contribution is 0.123. The minimum absolute atomic E-state index is 0.443. The summed E-state index contributed by atoms with van der Waals surface area (Å²) in [6.07, 6.45) is 7.64. The maximum absolute atomic E-state index is 5.83. The molecule has 1 aliphatic heterocycles. The van der Waals surface area contributed by atoms with Crippen LogP contribution in [0.2, 0.25) is 0 Å². The fourth-order valence-electron chi connectivity index (χ4n) is 2.88. The first kappa shape index (κ1) is 12.5. The molecule has 1 saturated heterocycles. The Morgan fingerprint density at radius 2 is 2.26 bits per heavy atom. The van der Waals surface area contributed by atoms with Crippen LogP contribution >= 0.6 is 0 Å². The Morgan fingerprint density at radius 3 is 3.00 bits per heavy atom. The van der Waals surface area contributed by atoms with Crippen molar-refractivity contribution in [2.75, 3.05) is 13.1 Å². The molecule has 4 heteroatoms. The van der Waals surface area contributed by atoms with Crippen LogP contribution in [0.1, 0.15) is 36.8 Å². The lowest BCUT2D eigenvalue weighted by Crippen LogP contribution is -2.35. The third-order valence-corrected chi connectivity index (χ3v) is 3.88. The Hall–Kier alpha value is -1.55. The van der Waals surface area contributed by atoms with Crippen molar-refractivity contribution < 1.29 is 4.42 Å². The lowest BCUT2D eigenvalue weighted by Gasteiger charge is -2.34. The molecular formula is C15H21N3O. The van der Waals surface area contributed by atoms with Gasteiger partial charge in [0.1, 0.15) is 11.5 Å². The van der Waals surface area contributed by atoms with Gasteiger partial charge in [-0.05, 0) is 44.5 Å². The summed E-state index contributed by atoms with van der Waals surface area (Å²) in [6.45, 7) is 5.15. The number of furan rings is 1. The van der Waals surface area contributed by atoms with Crippen molar-refractivity contribution in [2.24, 2.45) is 0 Å². The van der Waals surface area contributed by atoms with Crippen LogP contribution in [0.3, 0.4) is 0 Å². The first-order valence-corrected chi connectivity index (χ1v) is 7.11. The van der Waals surface area contributed by atoms with Crippen molar-refractivity contribution in [3.05, 3.63) is 42.1 Å². The Labute approximate surface area is 114 Å². The largest absolute Gasteiger partial charge is 0.465 e. The van der Waals surface area contributed by atoms with Crippen molar-refractivity contribution in [1.29, 1.82) is 0 Å². The van der Waals surface area contributed by atoms with Gasteiger partial charge in [-0.25, -0.2) is 0 Å². The third-order valence-electron chi connectivity index (χ3n) is 3.88. The number of likely N-dealkylation sites (tertiary alicyclic amines) is 1.